The summed E-state index contributed by atoms with van der Waals surface area (Å²) in [6.07, 6.45) is 6.84. The Morgan fingerprint density at radius 2 is 0.943 bits per heavy atom. The summed E-state index contributed by atoms with van der Waals surface area (Å²) in [4.78, 5) is 0. The summed E-state index contributed by atoms with van der Waals surface area (Å²) in [6.45, 7) is 0. The van der Waals surface area contributed by atoms with Gasteiger partial charge in [-0.25, -0.2) is 0 Å². The molecule has 0 bridgehead atoms. The second-order valence-corrected chi connectivity index (χ2v) is 7.48. The number of hydrogen-bond acceptors (Lipinski definition) is 7. The normalized spacial score (nSPS) is 10.9. The van der Waals surface area contributed by atoms with E-state index in [4.69, 9.17) is 5.11 Å². The SMILES string of the molecule is Oc1cc(C=Cc2ccccc2)c(O)c(O)c1O.Oc1ccc(C=Cc2cc(O)cc(O)c2)cc1. The van der Waals surface area contributed by atoms with Gasteiger partial charge in [0.15, 0.2) is 11.5 Å². The summed E-state index contributed by atoms with van der Waals surface area (Å²) in [5, 5.41) is 65.3. The fourth-order valence-electron chi connectivity index (χ4n) is 3.02. The molecule has 4 rings (SSSR count). The summed E-state index contributed by atoms with van der Waals surface area (Å²) < 4.78 is 0. The van der Waals surface area contributed by atoms with E-state index >= 15 is 0 Å². The molecule has 0 aliphatic heterocycles. The lowest BCUT2D eigenvalue weighted by Gasteiger charge is -2.06. The van der Waals surface area contributed by atoms with Gasteiger partial charge in [0.05, 0.1) is 0 Å². The van der Waals surface area contributed by atoms with Gasteiger partial charge in [-0.3, -0.25) is 0 Å². The second kappa shape index (κ2) is 11.2. The third-order valence-electron chi connectivity index (χ3n) is 4.80. The van der Waals surface area contributed by atoms with Crippen LogP contribution >= 0.6 is 0 Å². The highest BCUT2D eigenvalue weighted by molar-refractivity contribution is 5.77. The first-order valence-corrected chi connectivity index (χ1v) is 10.4. The van der Waals surface area contributed by atoms with E-state index in [1.165, 1.54) is 18.2 Å². The van der Waals surface area contributed by atoms with Crippen molar-refractivity contribution in [3.05, 3.63) is 101 Å². The molecule has 178 valence electrons. The molecule has 0 atom stereocenters. The Kier molecular flexibility index (Phi) is 7.87. The average Bonchev–Trinajstić information content (AvgIpc) is 2.84. The predicted molar refractivity (Wildman–Crippen MR) is 135 cm³/mol. The van der Waals surface area contributed by atoms with Crippen LogP contribution in [0.2, 0.25) is 0 Å². The highest BCUT2D eigenvalue weighted by Crippen LogP contribution is 2.44. The maximum absolute atomic E-state index is 9.61. The van der Waals surface area contributed by atoms with Crippen LogP contribution in [0.15, 0.2) is 78.9 Å². The van der Waals surface area contributed by atoms with Gasteiger partial charge < -0.3 is 35.7 Å². The molecule has 0 saturated heterocycles. The molecule has 0 amide bonds. The topological polar surface area (TPSA) is 142 Å². The van der Waals surface area contributed by atoms with Gasteiger partial charge in [-0.05, 0) is 47.0 Å². The van der Waals surface area contributed by atoms with Crippen molar-refractivity contribution in [2.24, 2.45) is 0 Å². The van der Waals surface area contributed by atoms with E-state index in [1.54, 1.807) is 48.6 Å². The Morgan fingerprint density at radius 1 is 0.400 bits per heavy atom. The van der Waals surface area contributed by atoms with Crippen molar-refractivity contribution in [2.75, 3.05) is 0 Å². The molecule has 0 unspecified atom stereocenters. The molecular weight excluding hydrogens is 448 g/mol. The van der Waals surface area contributed by atoms with Crippen molar-refractivity contribution >= 4 is 24.3 Å². The van der Waals surface area contributed by atoms with E-state index in [-0.39, 0.29) is 22.8 Å². The van der Waals surface area contributed by atoms with Crippen molar-refractivity contribution in [3.8, 4) is 40.2 Å². The van der Waals surface area contributed by atoms with Crippen molar-refractivity contribution in [1.82, 2.24) is 0 Å². The van der Waals surface area contributed by atoms with E-state index in [0.717, 1.165) is 11.1 Å². The molecule has 7 N–H and O–H groups in total. The first-order valence-electron chi connectivity index (χ1n) is 10.4. The minimum absolute atomic E-state index is 0.0235. The van der Waals surface area contributed by atoms with Crippen molar-refractivity contribution in [1.29, 1.82) is 0 Å². The van der Waals surface area contributed by atoms with Crippen molar-refractivity contribution < 1.29 is 35.7 Å². The first-order chi connectivity index (χ1) is 16.7. The van der Waals surface area contributed by atoms with Gasteiger partial charge >= 0.3 is 0 Å². The Balaban J connectivity index is 0.000000196. The minimum Gasteiger partial charge on any atom is -0.508 e. The molecule has 7 heteroatoms. The van der Waals surface area contributed by atoms with Crippen LogP contribution in [0.25, 0.3) is 24.3 Å². The lowest BCUT2D eigenvalue weighted by molar-refractivity contribution is 0.345. The smallest absolute Gasteiger partial charge is 0.204 e. The van der Waals surface area contributed by atoms with Crippen LogP contribution in [0.4, 0.5) is 0 Å². The largest absolute Gasteiger partial charge is 0.508 e. The van der Waals surface area contributed by atoms with E-state index in [1.807, 2.05) is 36.4 Å². The van der Waals surface area contributed by atoms with Crippen LogP contribution < -0.4 is 0 Å². The van der Waals surface area contributed by atoms with E-state index < -0.39 is 23.0 Å². The molecule has 0 heterocycles. The molecule has 4 aromatic carbocycles. The third-order valence-corrected chi connectivity index (χ3v) is 4.80. The van der Waals surface area contributed by atoms with Crippen LogP contribution in [0.3, 0.4) is 0 Å². The predicted octanol–water partition coefficient (Wildman–Crippen LogP) is 5.65. The lowest BCUT2D eigenvalue weighted by Crippen LogP contribution is -1.79. The second-order valence-electron chi connectivity index (χ2n) is 7.48. The Bertz CT molecular complexity index is 1320. The lowest BCUT2D eigenvalue weighted by atomic mass is 10.1. The highest BCUT2D eigenvalue weighted by Gasteiger charge is 2.14. The van der Waals surface area contributed by atoms with E-state index in [9.17, 15) is 30.6 Å². The maximum Gasteiger partial charge on any atom is 0.204 e. The molecule has 0 aromatic heterocycles. The molecule has 0 radical (unpaired) electrons. The minimum atomic E-state index is -0.734. The van der Waals surface area contributed by atoms with Gasteiger partial charge in [0, 0.05) is 11.6 Å². The van der Waals surface area contributed by atoms with Crippen LogP contribution in [-0.4, -0.2) is 35.7 Å². The van der Waals surface area contributed by atoms with E-state index in [2.05, 4.69) is 0 Å². The fourth-order valence-corrected chi connectivity index (χ4v) is 3.02. The van der Waals surface area contributed by atoms with Crippen molar-refractivity contribution in [3.63, 3.8) is 0 Å². The zero-order valence-corrected chi connectivity index (χ0v) is 18.4. The number of phenols is 7. The molecule has 0 aliphatic carbocycles. The highest BCUT2D eigenvalue weighted by atomic mass is 16.3. The van der Waals surface area contributed by atoms with Gasteiger partial charge in [0.2, 0.25) is 11.5 Å². The molecule has 0 fully saturated rings. The molecule has 4 aromatic rings. The zero-order valence-electron chi connectivity index (χ0n) is 18.4. The van der Waals surface area contributed by atoms with Crippen LogP contribution in [0.1, 0.15) is 22.3 Å². The third kappa shape index (κ3) is 6.97. The van der Waals surface area contributed by atoms with Gasteiger partial charge in [-0.15, -0.1) is 0 Å². The summed E-state index contributed by atoms with van der Waals surface area (Å²) in [5.74, 6) is -2.16. The van der Waals surface area contributed by atoms with Gasteiger partial charge in [-0.1, -0.05) is 66.8 Å². The van der Waals surface area contributed by atoms with Crippen molar-refractivity contribution in [2.45, 2.75) is 0 Å². The number of benzene rings is 4. The Labute approximate surface area is 201 Å². The van der Waals surface area contributed by atoms with Crippen LogP contribution in [0, 0.1) is 0 Å². The van der Waals surface area contributed by atoms with Gasteiger partial charge in [0.1, 0.15) is 17.2 Å². The van der Waals surface area contributed by atoms with Gasteiger partial charge in [-0.2, -0.15) is 0 Å². The molecule has 0 aliphatic rings. The number of aromatic hydroxyl groups is 7. The monoisotopic (exact) mass is 472 g/mol. The average molecular weight is 472 g/mol. The molecular formula is C28H24O7. The van der Waals surface area contributed by atoms with E-state index in [0.29, 0.717) is 5.56 Å². The fraction of sp³-hybridized carbons (Fsp3) is 0. The molecule has 7 nitrogen and oxygen atoms in total. The summed E-state index contributed by atoms with van der Waals surface area (Å²) in [5.41, 5.74) is 2.75. The maximum atomic E-state index is 9.61. The summed E-state index contributed by atoms with van der Waals surface area (Å²) >= 11 is 0. The summed E-state index contributed by atoms with van der Waals surface area (Å²) in [6, 6.07) is 21.6. The Morgan fingerprint density at radius 3 is 1.57 bits per heavy atom. The van der Waals surface area contributed by atoms with Crippen LogP contribution in [-0.2, 0) is 0 Å². The standard InChI is InChI=1S/C14H12O4.C14H12O3/c15-11-8-10(12(16)14(18)13(11)17)7-6-9-4-2-1-3-5-9;15-12-5-3-10(4-6-12)1-2-11-7-13(16)9-14(17)8-11/h1-8,15-18H;1-9,15-17H. The molecule has 0 saturated carbocycles. The Hall–Kier alpha value is -5.04. The molecule has 0 spiro atoms. The number of phenolic OH excluding ortho intramolecular Hbond substituents is 7. The summed E-state index contributed by atoms with van der Waals surface area (Å²) in [7, 11) is 0. The number of hydrogen-bond donors (Lipinski definition) is 7. The zero-order chi connectivity index (χ0) is 25.4. The van der Waals surface area contributed by atoms with Gasteiger partial charge in [0.25, 0.3) is 0 Å². The first kappa shape index (κ1) is 24.6. The van der Waals surface area contributed by atoms with Crippen LogP contribution in [0.5, 0.6) is 40.2 Å². The number of rotatable bonds is 4. The quantitative estimate of drug-likeness (QED) is 0.116. The molecule has 35 heavy (non-hydrogen) atoms.